The Balaban J connectivity index is 2.11. The van der Waals surface area contributed by atoms with Crippen molar-refractivity contribution in [3.05, 3.63) is 59.9 Å². The van der Waals surface area contributed by atoms with Gasteiger partial charge in [-0.05, 0) is 35.9 Å². The molecule has 0 unspecified atom stereocenters. The molecule has 0 atom stereocenters. The average molecular weight is 336 g/mol. The zero-order chi connectivity index (χ0) is 17.0. The van der Waals surface area contributed by atoms with Crippen molar-refractivity contribution in [2.75, 3.05) is 19.4 Å². The van der Waals surface area contributed by atoms with Crippen LogP contribution in [0.5, 0.6) is 0 Å². The van der Waals surface area contributed by atoms with Gasteiger partial charge in [-0.2, -0.15) is 0 Å². The van der Waals surface area contributed by atoms with E-state index in [1.54, 1.807) is 12.1 Å². The lowest BCUT2D eigenvalue weighted by Crippen LogP contribution is -2.22. The van der Waals surface area contributed by atoms with E-state index < -0.39 is 10.0 Å². The van der Waals surface area contributed by atoms with E-state index in [-0.39, 0.29) is 23.0 Å². The van der Waals surface area contributed by atoms with Crippen molar-refractivity contribution in [2.24, 2.45) is 0 Å². The number of hydrogen-bond donors (Lipinski definition) is 1. The summed E-state index contributed by atoms with van der Waals surface area (Å²) in [5.74, 6) is -0.674. The number of nitrogens with one attached hydrogen (secondary N) is 1. The smallest absolute Gasteiger partial charge is 0.242 e. The molecule has 0 aliphatic heterocycles. The van der Waals surface area contributed by atoms with Crippen molar-refractivity contribution in [1.29, 1.82) is 0 Å². The highest BCUT2D eigenvalue weighted by Crippen LogP contribution is 2.18. The van der Waals surface area contributed by atoms with Gasteiger partial charge in [0.05, 0.1) is 11.3 Å². The van der Waals surface area contributed by atoms with Crippen LogP contribution in [-0.4, -0.2) is 32.7 Å². The second-order valence-corrected chi connectivity index (χ2v) is 7.32. The Morgan fingerprint density at radius 3 is 2.39 bits per heavy atom. The van der Waals surface area contributed by atoms with E-state index >= 15 is 0 Å². The molecule has 0 aliphatic carbocycles. The molecule has 23 heavy (non-hydrogen) atoms. The van der Waals surface area contributed by atoms with Crippen LogP contribution in [0.2, 0.25) is 0 Å². The first-order valence-corrected chi connectivity index (χ1v) is 8.30. The van der Waals surface area contributed by atoms with Crippen molar-refractivity contribution < 1.29 is 17.6 Å². The number of anilines is 1. The van der Waals surface area contributed by atoms with Crippen molar-refractivity contribution in [3.63, 3.8) is 0 Å². The number of hydrogen-bond acceptors (Lipinski definition) is 3. The second kappa shape index (κ2) is 6.89. The SMILES string of the molecule is CN(C)S(=O)(=O)c1cccc(NC(=O)Cc2ccc(F)cc2)c1. The zero-order valence-corrected chi connectivity index (χ0v) is 13.6. The lowest BCUT2D eigenvalue weighted by molar-refractivity contribution is -0.115. The molecule has 5 nitrogen and oxygen atoms in total. The van der Waals surface area contributed by atoms with Crippen LogP contribution in [0.4, 0.5) is 10.1 Å². The van der Waals surface area contributed by atoms with Crippen molar-refractivity contribution in [2.45, 2.75) is 11.3 Å². The van der Waals surface area contributed by atoms with Crippen LogP contribution < -0.4 is 5.32 Å². The van der Waals surface area contributed by atoms with Gasteiger partial charge >= 0.3 is 0 Å². The zero-order valence-electron chi connectivity index (χ0n) is 12.8. The van der Waals surface area contributed by atoms with Gasteiger partial charge in [-0.15, -0.1) is 0 Å². The third-order valence-corrected chi connectivity index (χ3v) is 4.99. The Hall–Kier alpha value is -2.25. The molecular weight excluding hydrogens is 319 g/mol. The minimum Gasteiger partial charge on any atom is -0.326 e. The minimum atomic E-state index is -3.56. The fraction of sp³-hybridized carbons (Fsp3) is 0.188. The molecule has 0 heterocycles. The van der Waals surface area contributed by atoms with E-state index in [1.165, 1.54) is 50.5 Å². The average Bonchev–Trinajstić information content (AvgIpc) is 2.49. The van der Waals surface area contributed by atoms with Gasteiger partial charge in [0.15, 0.2) is 0 Å². The number of carbonyl (C=O) groups excluding carboxylic acids is 1. The summed E-state index contributed by atoms with van der Waals surface area (Å²) in [6.45, 7) is 0. The molecule has 2 aromatic carbocycles. The van der Waals surface area contributed by atoms with Gasteiger partial charge in [-0.3, -0.25) is 4.79 Å². The highest BCUT2D eigenvalue weighted by Gasteiger charge is 2.17. The minimum absolute atomic E-state index is 0.0743. The van der Waals surface area contributed by atoms with Crippen LogP contribution in [0.1, 0.15) is 5.56 Å². The molecule has 122 valence electrons. The summed E-state index contributed by atoms with van der Waals surface area (Å²) in [6, 6.07) is 11.7. The standard InChI is InChI=1S/C16H17FN2O3S/c1-19(2)23(21,22)15-5-3-4-14(11-15)18-16(20)10-12-6-8-13(17)9-7-12/h3-9,11H,10H2,1-2H3,(H,18,20). The number of nitrogens with zero attached hydrogens (tertiary/aromatic N) is 1. The van der Waals surface area contributed by atoms with Gasteiger partial charge in [-0.25, -0.2) is 17.1 Å². The molecule has 0 aromatic heterocycles. The van der Waals surface area contributed by atoms with Gasteiger partial charge in [-0.1, -0.05) is 18.2 Å². The molecule has 0 radical (unpaired) electrons. The maximum atomic E-state index is 12.8. The molecule has 2 rings (SSSR count). The third kappa shape index (κ3) is 4.37. The maximum absolute atomic E-state index is 12.8. The van der Waals surface area contributed by atoms with Gasteiger partial charge in [0.1, 0.15) is 5.82 Å². The second-order valence-electron chi connectivity index (χ2n) is 5.17. The number of benzene rings is 2. The van der Waals surface area contributed by atoms with E-state index in [0.29, 0.717) is 11.3 Å². The summed E-state index contributed by atoms with van der Waals surface area (Å²) >= 11 is 0. The van der Waals surface area contributed by atoms with Gasteiger partial charge < -0.3 is 5.32 Å². The van der Waals surface area contributed by atoms with Crippen molar-refractivity contribution in [3.8, 4) is 0 Å². The van der Waals surface area contributed by atoms with E-state index in [0.717, 1.165) is 4.31 Å². The molecule has 0 fully saturated rings. The van der Waals surface area contributed by atoms with Gasteiger partial charge in [0, 0.05) is 19.8 Å². The molecule has 2 aromatic rings. The molecule has 1 amide bonds. The first-order chi connectivity index (χ1) is 10.8. The lowest BCUT2D eigenvalue weighted by Gasteiger charge is -2.12. The van der Waals surface area contributed by atoms with Gasteiger partial charge in [0.25, 0.3) is 0 Å². The molecule has 1 N–H and O–H groups in total. The predicted octanol–water partition coefficient (Wildman–Crippen LogP) is 2.26. The predicted molar refractivity (Wildman–Crippen MR) is 86.0 cm³/mol. The Morgan fingerprint density at radius 2 is 1.78 bits per heavy atom. The van der Waals surface area contributed by atoms with Crippen LogP contribution in [0.15, 0.2) is 53.4 Å². The van der Waals surface area contributed by atoms with Crippen LogP contribution in [0.3, 0.4) is 0 Å². The van der Waals surface area contributed by atoms with Crippen molar-refractivity contribution >= 4 is 21.6 Å². The van der Waals surface area contributed by atoms with Crippen LogP contribution in [-0.2, 0) is 21.2 Å². The maximum Gasteiger partial charge on any atom is 0.242 e. The number of carbonyl (C=O) groups is 1. The summed E-state index contributed by atoms with van der Waals surface area (Å²) in [6.07, 6.45) is 0.0743. The number of halogens is 1. The quantitative estimate of drug-likeness (QED) is 0.911. The molecule has 0 spiro atoms. The molecular formula is C16H17FN2O3S. The highest BCUT2D eigenvalue weighted by molar-refractivity contribution is 7.89. The fourth-order valence-corrected chi connectivity index (χ4v) is 2.89. The Kier molecular flexibility index (Phi) is 5.12. The molecule has 7 heteroatoms. The van der Waals surface area contributed by atoms with E-state index in [2.05, 4.69) is 5.32 Å². The number of rotatable bonds is 5. The monoisotopic (exact) mass is 336 g/mol. The van der Waals surface area contributed by atoms with Crippen LogP contribution in [0, 0.1) is 5.82 Å². The Labute approximate surface area is 134 Å². The Morgan fingerprint density at radius 1 is 1.13 bits per heavy atom. The van der Waals surface area contributed by atoms with Crippen LogP contribution in [0.25, 0.3) is 0 Å². The third-order valence-electron chi connectivity index (χ3n) is 3.17. The van der Waals surface area contributed by atoms with Crippen LogP contribution >= 0.6 is 0 Å². The highest BCUT2D eigenvalue weighted by atomic mass is 32.2. The first kappa shape index (κ1) is 17.1. The number of amides is 1. The molecule has 0 aliphatic rings. The molecule has 0 saturated heterocycles. The first-order valence-electron chi connectivity index (χ1n) is 6.86. The summed E-state index contributed by atoms with van der Waals surface area (Å²) in [7, 11) is -0.679. The normalized spacial score (nSPS) is 11.5. The summed E-state index contributed by atoms with van der Waals surface area (Å²) in [5, 5.41) is 2.64. The largest absolute Gasteiger partial charge is 0.326 e. The molecule has 0 bridgehead atoms. The summed E-state index contributed by atoms with van der Waals surface area (Å²) < 4.78 is 38.1. The Bertz CT molecular complexity index is 802. The molecule has 0 saturated carbocycles. The van der Waals surface area contributed by atoms with E-state index in [9.17, 15) is 17.6 Å². The topological polar surface area (TPSA) is 66.5 Å². The van der Waals surface area contributed by atoms with E-state index in [4.69, 9.17) is 0 Å². The van der Waals surface area contributed by atoms with E-state index in [1.807, 2.05) is 0 Å². The summed E-state index contributed by atoms with van der Waals surface area (Å²) in [5.41, 5.74) is 1.06. The number of sulfonamides is 1. The van der Waals surface area contributed by atoms with Crippen molar-refractivity contribution in [1.82, 2.24) is 4.31 Å². The summed E-state index contributed by atoms with van der Waals surface area (Å²) in [4.78, 5) is 12.1. The lowest BCUT2D eigenvalue weighted by atomic mass is 10.1. The van der Waals surface area contributed by atoms with Gasteiger partial charge in [0.2, 0.25) is 15.9 Å². The fourth-order valence-electron chi connectivity index (χ4n) is 1.94.